The quantitative estimate of drug-likeness (QED) is 0.745. The third kappa shape index (κ3) is 4.80. The monoisotopic (exact) mass is 279 g/mol. The van der Waals surface area contributed by atoms with Gasteiger partial charge >= 0.3 is 0 Å². The van der Waals surface area contributed by atoms with E-state index in [0.717, 1.165) is 24.3 Å². The summed E-state index contributed by atoms with van der Waals surface area (Å²) in [5, 5.41) is 0. The van der Waals surface area contributed by atoms with Crippen LogP contribution in [-0.4, -0.2) is 19.8 Å². The standard InChI is InChI=1S/C17H29NO2/c1-5-9-13(3)12-20-17(15(18)6-2)14-10-7-8-11-16(14)19-4/h7-8,10-11,13,15,17H,5-6,9,12,18H2,1-4H3. The van der Waals surface area contributed by atoms with Crippen LogP contribution in [0, 0.1) is 5.92 Å². The molecule has 3 nitrogen and oxygen atoms in total. The van der Waals surface area contributed by atoms with E-state index < -0.39 is 0 Å². The molecule has 0 heterocycles. The van der Waals surface area contributed by atoms with Gasteiger partial charge < -0.3 is 15.2 Å². The molecule has 20 heavy (non-hydrogen) atoms. The summed E-state index contributed by atoms with van der Waals surface area (Å²) in [6.07, 6.45) is 3.14. The Balaban J connectivity index is 2.83. The second-order valence-corrected chi connectivity index (χ2v) is 5.46. The smallest absolute Gasteiger partial charge is 0.124 e. The van der Waals surface area contributed by atoms with Crippen molar-refractivity contribution >= 4 is 0 Å². The van der Waals surface area contributed by atoms with E-state index in [1.165, 1.54) is 12.8 Å². The predicted molar refractivity (Wildman–Crippen MR) is 84.0 cm³/mol. The Labute approximate surface area is 123 Å². The molecule has 1 aromatic rings. The lowest BCUT2D eigenvalue weighted by Gasteiger charge is -2.26. The summed E-state index contributed by atoms with van der Waals surface area (Å²) in [5.74, 6) is 1.41. The van der Waals surface area contributed by atoms with Gasteiger partial charge in [0.05, 0.1) is 13.7 Å². The van der Waals surface area contributed by atoms with Crippen molar-refractivity contribution < 1.29 is 9.47 Å². The van der Waals surface area contributed by atoms with E-state index in [0.29, 0.717) is 5.92 Å². The van der Waals surface area contributed by atoms with Crippen LogP contribution in [0.3, 0.4) is 0 Å². The van der Waals surface area contributed by atoms with Crippen LogP contribution in [0.15, 0.2) is 24.3 Å². The van der Waals surface area contributed by atoms with Crippen LogP contribution in [0.2, 0.25) is 0 Å². The Kier molecular flexibility index (Phi) is 7.63. The van der Waals surface area contributed by atoms with Crippen molar-refractivity contribution in [1.29, 1.82) is 0 Å². The maximum absolute atomic E-state index is 6.25. The van der Waals surface area contributed by atoms with E-state index in [4.69, 9.17) is 15.2 Å². The lowest BCUT2D eigenvalue weighted by atomic mass is 9.99. The number of ether oxygens (including phenoxy) is 2. The van der Waals surface area contributed by atoms with E-state index in [-0.39, 0.29) is 12.1 Å². The van der Waals surface area contributed by atoms with Crippen molar-refractivity contribution in [1.82, 2.24) is 0 Å². The number of para-hydroxylation sites is 1. The van der Waals surface area contributed by atoms with Gasteiger partial charge in [0.15, 0.2) is 0 Å². The highest BCUT2D eigenvalue weighted by Gasteiger charge is 2.23. The van der Waals surface area contributed by atoms with Crippen molar-refractivity contribution in [3.63, 3.8) is 0 Å². The number of hydrogen-bond donors (Lipinski definition) is 1. The minimum Gasteiger partial charge on any atom is -0.496 e. The molecular weight excluding hydrogens is 250 g/mol. The highest BCUT2D eigenvalue weighted by Crippen LogP contribution is 2.30. The molecule has 2 N–H and O–H groups in total. The van der Waals surface area contributed by atoms with Gasteiger partial charge in [0, 0.05) is 11.6 Å². The van der Waals surface area contributed by atoms with Crippen molar-refractivity contribution in [2.75, 3.05) is 13.7 Å². The van der Waals surface area contributed by atoms with Gasteiger partial charge in [0.25, 0.3) is 0 Å². The van der Waals surface area contributed by atoms with Crippen molar-refractivity contribution in [3.05, 3.63) is 29.8 Å². The Morgan fingerprint density at radius 2 is 1.90 bits per heavy atom. The molecule has 114 valence electrons. The summed E-state index contributed by atoms with van der Waals surface area (Å²) >= 11 is 0. The van der Waals surface area contributed by atoms with E-state index in [1.807, 2.05) is 24.3 Å². The zero-order valence-corrected chi connectivity index (χ0v) is 13.3. The Morgan fingerprint density at radius 3 is 2.50 bits per heavy atom. The highest BCUT2D eigenvalue weighted by atomic mass is 16.5. The van der Waals surface area contributed by atoms with E-state index in [1.54, 1.807) is 7.11 Å². The SMILES string of the molecule is CCCC(C)COC(c1ccccc1OC)C(N)CC. The molecule has 0 amide bonds. The molecule has 0 saturated carbocycles. The second-order valence-electron chi connectivity index (χ2n) is 5.46. The van der Waals surface area contributed by atoms with Gasteiger partial charge in [-0.2, -0.15) is 0 Å². The van der Waals surface area contributed by atoms with E-state index >= 15 is 0 Å². The first-order valence-corrected chi connectivity index (χ1v) is 7.64. The topological polar surface area (TPSA) is 44.5 Å². The number of methoxy groups -OCH3 is 1. The van der Waals surface area contributed by atoms with E-state index in [2.05, 4.69) is 20.8 Å². The average Bonchev–Trinajstić information content (AvgIpc) is 2.47. The minimum absolute atomic E-state index is 0.0138. The first kappa shape index (κ1) is 17.0. The fourth-order valence-electron chi connectivity index (χ4n) is 2.40. The maximum atomic E-state index is 6.25. The molecule has 0 bridgehead atoms. The van der Waals surface area contributed by atoms with Crippen LogP contribution < -0.4 is 10.5 Å². The molecule has 0 aromatic heterocycles. The van der Waals surface area contributed by atoms with Crippen LogP contribution in [0.4, 0.5) is 0 Å². The van der Waals surface area contributed by atoms with E-state index in [9.17, 15) is 0 Å². The van der Waals surface area contributed by atoms with Gasteiger partial charge in [-0.15, -0.1) is 0 Å². The second kappa shape index (κ2) is 8.98. The summed E-state index contributed by atoms with van der Waals surface area (Å²) in [7, 11) is 1.69. The summed E-state index contributed by atoms with van der Waals surface area (Å²) in [5.41, 5.74) is 7.30. The molecule has 0 radical (unpaired) electrons. The first-order chi connectivity index (χ1) is 9.63. The summed E-state index contributed by atoms with van der Waals surface area (Å²) in [6.45, 7) is 7.25. The van der Waals surface area contributed by atoms with Crippen LogP contribution in [-0.2, 0) is 4.74 Å². The first-order valence-electron chi connectivity index (χ1n) is 7.64. The largest absolute Gasteiger partial charge is 0.496 e. The summed E-state index contributed by atoms with van der Waals surface area (Å²) in [4.78, 5) is 0. The van der Waals surface area contributed by atoms with Crippen LogP contribution in [0.5, 0.6) is 5.75 Å². The van der Waals surface area contributed by atoms with Gasteiger partial charge in [-0.1, -0.05) is 45.4 Å². The fourth-order valence-corrected chi connectivity index (χ4v) is 2.40. The zero-order valence-electron chi connectivity index (χ0n) is 13.3. The van der Waals surface area contributed by atoms with Crippen LogP contribution >= 0.6 is 0 Å². The van der Waals surface area contributed by atoms with Gasteiger partial charge in [0.1, 0.15) is 11.9 Å². The van der Waals surface area contributed by atoms with Crippen molar-refractivity contribution in [2.45, 2.75) is 52.2 Å². The Bertz CT molecular complexity index is 381. The maximum Gasteiger partial charge on any atom is 0.124 e. The molecule has 0 aliphatic rings. The third-order valence-corrected chi connectivity index (χ3v) is 3.65. The number of benzene rings is 1. The molecule has 0 aliphatic carbocycles. The lowest BCUT2D eigenvalue weighted by molar-refractivity contribution is 0.0118. The van der Waals surface area contributed by atoms with Crippen LogP contribution in [0.25, 0.3) is 0 Å². The van der Waals surface area contributed by atoms with Gasteiger partial charge in [-0.3, -0.25) is 0 Å². The normalized spacial score (nSPS) is 15.7. The summed E-state index contributed by atoms with van der Waals surface area (Å²) < 4.78 is 11.6. The molecule has 1 rings (SSSR count). The molecule has 3 heteroatoms. The molecular formula is C17H29NO2. The van der Waals surface area contributed by atoms with Crippen molar-refractivity contribution in [3.8, 4) is 5.75 Å². The highest BCUT2D eigenvalue weighted by molar-refractivity contribution is 5.35. The fraction of sp³-hybridized carbons (Fsp3) is 0.647. The molecule has 0 spiro atoms. The minimum atomic E-state index is -0.101. The molecule has 1 aromatic carbocycles. The van der Waals surface area contributed by atoms with Crippen LogP contribution in [0.1, 0.15) is 51.7 Å². The predicted octanol–water partition coefficient (Wildman–Crippen LogP) is 3.93. The Hall–Kier alpha value is -1.06. The molecule has 0 aliphatic heterocycles. The number of rotatable bonds is 9. The Morgan fingerprint density at radius 1 is 1.20 bits per heavy atom. The molecule has 0 fully saturated rings. The van der Waals surface area contributed by atoms with Gasteiger partial charge in [-0.05, 0) is 24.8 Å². The van der Waals surface area contributed by atoms with Gasteiger partial charge in [0.2, 0.25) is 0 Å². The number of nitrogens with two attached hydrogens (primary N) is 1. The third-order valence-electron chi connectivity index (χ3n) is 3.65. The molecule has 3 atom stereocenters. The lowest BCUT2D eigenvalue weighted by Crippen LogP contribution is -2.31. The zero-order chi connectivity index (χ0) is 15.0. The molecule has 3 unspecified atom stereocenters. The van der Waals surface area contributed by atoms with Gasteiger partial charge in [-0.25, -0.2) is 0 Å². The molecule has 0 saturated heterocycles. The average molecular weight is 279 g/mol. The number of hydrogen-bond acceptors (Lipinski definition) is 3. The van der Waals surface area contributed by atoms with Crippen molar-refractivity contribution in [2.24, 2.45) is 11.7 Å². The summed E-state index contributed by atoms with van der Waals surface area (Å²) in [6, 6.07) is 7.97.